The SMILES string of the molecule is COC(=O)[C@@H](Cc1c[nH]c2ccccc12)NC(=O)CC[C@H]1NC(=O)[C@@H](CCCCNC(=O)[C@H](CO)NC(=O)[C@@H]2CCCN2C(=O)[C@H](Cc2ccc(O)cc2)NC(=O)[C@@H](C)NC(=O)[C@H](Cc2ccccc2)NC(=O)[C@@H](C)NC(=O)[C@@H](N)Cc2ccc(O)cc2)NC1=O. The number of nitrogens with one attached hydrogen (secondary N) is 10. The highest BCUT2D eigenvalue weighted by Crippen LogP contribution is 2.23. The molecule has 2 fully saturated rings. The van der Waals surface area contributed by atoms with Gasteiger partial charge in [0.25, 0.3) is 0 Å². The molecular weight excluding hydrogens is 1180 g/mol. The van der Waals surface area contributed by atoms with E-state index in [-0.39, 0.29) is 76.0 Å². The number of H-pyrrole nitrogens is 1. The number of aliphatic hydroxyl groups excluding tert-OH is 1. The Balaban J connectivity index is 0.875. The van der Waals surface area contributed by atoms with Gasteiger partial charge in [-0.15, -0.1) is 0 Å². The van der Waals surface area contributed by atoms with Crippen molar-refractivity contribution in [3.05, 3.63) is 132 Å². The Morgan fingerprint density at radius 2 is 1.19 bits per heavy atom. The number of aliphatic hydroxyl groups is 1. The van der Waals surface area contributed by atoms with Crippen LogP contribution in [-0.4, -0.2) is 177 Å². The molecule has 0 aliphatic carbocycles. The van der Waals surface area contributed by atoms with Crippen LogP contribution in [0, 0.1) is 0 Å². The van der Waals surface area contributed by atoms with Crippen LogP contribution in [0.2, 0.25) is 0 Å². The van der Waals surface area contributed by atoms with Crippen molar-refractivity contribution in [2.75, 3.05) is 26.8 Å². The Hall–Kier alpha value is -9.89. The first-order valence-electron chi connectivity index (χ1n) is 30.2. The number of nitrogens with two attached hydrogens (primary N) is 1. The summed E-state index contributed by atoms with van der Waals surface area (Å²) >= 11 is 0. The third-order valence-electron chi connectivity index (χ3n) is 15.9. The summed E-state index contributed by atoms with van der Waals surface area (Å²) in [6.45, 7) is 2.12. The maximum absolute atomic E-state index is 14.6. The van der Waals surface area contributed by atoms with Crippen molar-refractivity contribution in [3.8, 4) is 11.5 Å². The Bertz CT molecular complexity index is 3380. The van der Waals surface area contributed by atoms with E-state index in [1.807, 2.05) is 24.3 Å². The van der Waals surface area contributed by atoms with Crippen molar-refractivity contribution in [2.45, 2.75) is 145 Å². The number of hydrogen-bond acceptors (Lipinski definition) is 16. The molecule has 10 amide bonds. The summed E-state index contributed by atoms with van der Waals surface area (Å²) in [5.41, 5.74) is 9.63. The first-order chi connectivity index (χ1) is 43.6. The highest BCUT2D eigenvalue weighted by molar-refractivity contribution is 5.99. The number of phenolic OH excluding ortho intramolecular Hbond substituents is 2. The van der Waals surface area contributed by atoms with Crippen molar-refractivity contribution >= 4 is 75.9 Å². The summed E-state index contributed by atoms with van der Waals surface area (Å²) in [6.07, 6.45) is 3.06. The van der Waals surface area contributed by atoms with Gasteiger partial charge in [-0.2, -0.15) is 0 Å². The molecule has 5 aromatic rings. The van der Waals surface area contributed by atoms with E-state index < -0.39 is 132 Å². The summed E-state index contributed by atoms with van der Waals surface area (Å²) in [5, 5.41) is 54.5. The lowest BCUT2D eigenvalue weighted by Gasteiger charge is -2.30. The van der Waals surface area contributed by atoms with Crippen LogP contribution in [0.5, 0.6) is 11.5 Å². The zero-order chi connectivity index (χ0) is 65.7. The number of methoxy groups -OCH3 is 1. The van der Waals surface area contributed by atoms with E-state index in [1.54, 1.807) is 60.8 Å². The van der Waals surface area contributed by atoms with Gasteiger partial charge in [-0.25, -0.2) is 4.79 Å². The molecule has 27 heteroatoms. The number of carbonyl (C=O) groups is 11. The molecule has 486 valence electrons. The van der Waals surface area contributed by atoms with Gasteiger partial charge < -0.3 is 83.5 Å². The fourth-order valence-corrected chi connectivity index (χ4v) is 10.7. The topological polar surface area (TPSA) is 411 Å². The molecule has 7 rings (SSSR count). The molecule has 0 unspecified atom stereocenters. The first kappa shape index (κ1) is 68.6. The number of amides is 10. The van der Waals surface area contributed by atoms with Gasteiger partial charge >= 0.3 is 5.97 Å². The van der Waals surface area contributed by atoms with Crippen molar-refractivity contribution in [3.63, 3.8) is 0 Å². The number of para-hydroxylation sites is 1. The van der Waals surface area contributed by atoms with Gasteiger partial charge in [-0.3, -0.25) is 47.9 Å². The quantitative estimate of drug-likeness (QED) is 0.0193. The number of likely N-dealkylation sites (tertiary alicyclic amines) is 1. The molecule has 0 spiro atoms. The molecule has 15 N–H and O–H groups in total. The summed E-state index contributed by atoms with van der Waals surface area (Å²) in [7, 11) is 1.22. The number of aromatic hydroxyl groups is 2. The number of benzene rings is 4. The van der Waals surface area contributed by atoms with E-state index in [4.69, 9.17) is 10.5 Å². The van der Waals surface area contributed by atoms with Gasteiger partial charge in [-0.1, -0.05) is 72.8 Å². The van der Waals surface area contributed by atoms with E-state index in [2.05, 4.69) is 52.8 Å². The summed E-state index contributed by atoms with van der Waals surface area (Å²) in [4.78, 5) is 153. The maximum atomic E-state index is 14.6. The highest BCUT2D eigenvalue weighted by Gasteiger charge is 2.40. The molecule has 2 aliphatic rings. The fraction of sp³-hybridized carbons (Fsp3) is 0.422. The van der Waals surface area contributed by atoms with E-state index >= 15 is 0 Å². The number of nitrogens with zero attached hydrogens (tertiary/aromatic N) is 1. The number of esters is 1. The van der Waals surface area contributed by atoms with Gasteiger partial charge in [-0.05, 0) is 111 Å². The van der Waals surface area contributed by atoms with Crippen molar-refractivity contribution in [2.24, 2.45) is 5.73 Å². The molecule has 0 radical (unpaired) electrons. The Morgan fingerprint density at radius 3 is 1.82 bits per heavy atom. The fourth-order valence-electron chi connectivity index (χ4n) is 10.7. The van der Waals surface area contributed by atoms with Crippen LogP contribution in [0.4, 0.5) is 0 Å². The van der Waals surface area contributed by atoms with Crippen LogP contribution >= 0.6 is 0 Å². The van der Waals surface area contributed by atoms with E-state index in [0.29, 0.717) is 36.0 Å². The monoisotopic (exact) mass is 1260 g/mol. The number of aromatic amines is 1. The highest BCUT2D eigenvalue weighted by atomic mass is 16.5. The smallest absolute Gasteiger partial charge is 0.328 e. The predicted octanol–water partition coefficient (Wildman–Crippen LogP) is -0.668. The Kier molecular flexibility index (Phi) is 24.9. The van der Waals surface area contributed by atoms with Crippen LogP contribution in [0.3, 0.4) is 0 Å². The largest absolute Gasteiger partial charge is 0.508 e. The maximum Gasteiger partial charge on any atom is 0.328 e. The summed E-state index contributed by atoms with van der Waals surface area (Å²) < 4.78 is 4.93. The van der Waals surface area contributed by atoms with Crippen molar-refractivity contribution in [1.29, 1.82) is 0 Å². The standard InChI is InChI=1S/C64H80N12O15/c1-36(68-57(83)45(65)30-39-18-22-42(78)23-19-39)55(81)73-49(31-38-12-5-4-6-13-38)61(87)69-37(2)56(82)74-50(32-40-20-24-43(79)25-21-40)63(89)76-29-11-17-53(76)62(88)75-52(35-77)58(84)66-28-10-9-16-47-59(85)72-48(60(86)71-47)26-27-54(80)70-51(64(90)91-3)33-41-34-67-46-15-8-7-14-44(41)46/h4-8,12-15,18-25,34,36-37,45,47-53,67,77-79H,9-11,16-17,26-33,35,65H2,1-3H3,(H,66,84)(H,68,83)(H,69,87)(H,70,80)(H,71,86)(H,72,85)(H,73,81)(H,74,82)(H,75,88)/t36-,37-,45+,47-,48-,49+,50+,51-,52+,53+/m1/s1. The average molecular weight is 1260 g/mol. The summed E-state index contributed by atoms with van der Waals surface area (Å²) in [6, 6.07) is 16.6. The Labute approximate surface area is 525 Å². The number of rotatable bonds is 31. The van der Waals surface area contributed by atoms with Gasteiger partial charge in [0.1, 0.15) is 65.9 Å². The third-order valence-corrected chi connectivity index (χ3v) is 15.9. The van der Waals surface area contributed by atoms with Gasteiger partial charge in [0.05, 0.1) is 19.8 Å². The molecule has 2 aliphatic heterocycles. The predicted molar refractivity (Wildman–Crippen MR) is 330 cm³/mol. The zero-order valence-corrected chi connectivity index (χ0v) is 50.8. The molecule has 27 nitrogen and oxygen atoms in total. The number of carbonyl (C=O) groups excluding carboxylic acids is 11. The number of phenols is 2. The lowest BCUT2D eigenvalue weighted by Crippen LogP contribution is -2.61. The average Bonchev–Trinajstić information content (AvgIpc) is 1.91. The number of piperazine rings is 1. The van der Waals surface area contributed by atoms with Crippen molar-refractivity contribution < 1.29 is 72.8 Å². The molecule has 10 atom stereocenters. The minimum atomic E-state index is -1.44. The number of fused-ring (bicyclic) bond motifs is 1. The van der Waals surface area contributed by atoms with Gasteiger partial charge in [0.15, 0.2) is 0 Å². The number of hydrogen-bond donors (Lipinski definition) is 14. The molecule has 0 bridgehead atoms. The second-order valence-electron chi connectivity index (χ2n) is 22.7. The first-order valence-corrected chi connectivity index (χ1v) is 30.2. The van der Waals surface area contributed by atoms with Crippen LogP contribution in [0.1, 0.15) is 81.0 Å². The second kappa shape index (κ2) is 33.1. The van der Waals surface area contributed by atoms with Crippen LogP contribution in [0.15, 0.2) is 109 Å². The van der Waals surface area contributed by atoms with E-state index in [9.17, 15) is 68.1 Å². The number of aromatic nitrogens is 1. The number of unbranched alkanes of at least 4 members (excludes halogenated alkanes) is 1. The lowest BCUT2D eigenvalue weighted by molar-refractivity contribution is -0.145. The minimum Gasteiger partial charge on any atom is -0.508 e. The zero-order valence-electron chi connectivity index (χ0n) is 50.8. The van der Waals surface area contributed by atoms with Crippen LogP contribution in [0.25, 0.3) is 10.9 Å². The molecule has 4 aromatic carbocycles. The molecule has 91 heavy (non-hydrogen) atoms. The van der Waals surface area contributed by atoms with Crippen molar-refractivity contribution in [1.82, 2.24) is 57.7 Å². The summed E-state index contributed by atoms with van der Waals surface area (Å²) in [5.74, 6) is -7.26. The number of ether oxygens (including phenoxy) is 1. The second-order valence-corrected chi connectivity index (χ2v) is 22.7. The van der Waals surface area contributed by atoms with E-state index in [1.165, 1.54) is 50.1 Å². The molecular formula is C64H80N12O15. The van der Waals surface area contributed by atoms with Crippen LogP contribution in [-0.2, 0) is 83.2 Å². The third kappa shape index (κ3) is 19.8. The molecule has 1 aromatic heterocycles. The molecule has 2 saturated heterocycles. The van der Waals surface area contributed by atoms with Gasteiger partial charge in [0, 0.05) is 55.9 Å². The molecule has 0 saturated carbocycles. The van der Waals surface area contributed by atoms with Gasteiger partial charge in [0.2, 0.25) is 59.1 Å². The minimum absolute atomic E-state index is 0.0235. The van der Waals surface area contributed by atoms with E-state index in [0.717, 1.165) is 16.5 Å². The molecule has 3 heterocycles. The Morgan fingerprint density at radius 1 is 0.615 bits per heavy atom. The van der Waals surface area contributed by atoms with Crippen LogP contribution < -0.4 is 53.6 Å². The lowest BCUT2D eigenvalue weighted by atomic mass is 10.0. The normalized spacial score (nSPS) is 17.7.